The Bertz CT molecular complexity index is 1150. The van der Waals surface area contributed by atoms with Crippen molar-refractivity contribution in [1.82, 2.24) is 10.2 Å². The van der Waals surface area contributed by atoms with Gasteiger partial charge in [-0.25, -0.2) is 0 Å². The van der Waals surface area contributed by atoms with Crippen molar-refractivity contribution in [2.45, 2.75) is 58.9 Å². The Morgan fingerprint density at radius 1 is 0.838 bits per heavy atom. The molecule has 7 heteroatoms. The van der Waals surface area contributed by atoms with Gasteiger partial charge in [-0.3, -0.25) is 9.69 Å². The Morgan fingerprint density at radius 3 is 2.05 bits per heavy atom. The highest BCUT2D eigenvalue weighted by Gasteiger charge is 2.31. The zero-order valence-electron chi connectivity index (χ0n) is 21.9. The fourth-order valence-corrected chi connectivity index (χ4v) is 4.17. The largest absolute Gasteiger partial charge is 0.429 e. The number of hydrogen-bond acceptors (Lipinski definition) is 4. The predicted molar refractivity (Wildman–Crippen MR) is 140 cm³/mol. The summed E-state index contributed by atoms with van der Waals surface area (Å²) < 4.78 is 45.0. The molecule has 0 bridgehead atoms. The molecule has 0 saturated heterocycles. The lowest BCUT2D eigenvalue weighted by Gasteiger charge is -2.24. The Morgan fingerprint density at radius 2 is 1.46 bits per heavy atom. The van der Waals surface area contributed by atoms with Gasteiger partial charge in [-0.15, -0.1) is 0 Å². The molecule has 0 amide bonds. The van der Waals surface area contributed by atoms with Crippen LogP contribution in [0.15, 0.2) is 66.7 Å². The predicted octanol–water partition coefficient (Wildman–Crippen LogP) is 6.64. The first kappa shape index (κ1) is 28.4. The first-order valence-corrected chi connectivity index (χ1v) is 12.3. The van der Waals surface area contributed by atoms with E-state index < -0.39 is 11.7 Å². The van der Waals surface area contributed by atoms with E-state index in [4.69, 9.17) is 4.74 Å². The van der Waals surface area contributed by atoms with Crippen molar-refractivity contribution >= 4 is 6.47 Å². The molecule has 3 rings (SSSR count). The standard InChI is InChI=1S/C30H35F3N2O2/c1-22-15-25(17-27(16-22)30(31,32)33)20-35(19-24-7-11-28(12-8-24)37-21-36)14-13-34-18-23-5-9-26(10-6-23)29(2,3)4/h5-12,15-17,21,34H,13-14,18-20H2,1-4H3. The molecule has 4 nitrogen and oxygen atoms in total. The first-order chi connectivity index (χ1) is 17.4. The van der Waals surface area contributed by atoms with Crippen LogP contribution in [0.3, 0.4) is 0 Å². The smallest absolute Gasteiger partial charge is 0.416 e. The first-order valence-electron chi connectivity index (χ1n) is 12.3. The number of carbonyl (C=O) groups excluding carboxylic acids is 1. The topological polar surface area (TPSA) is 41.6 Å². The third-order valence-corrected chi connectivity index (χ3v) is 6.14. The lowest BCUT2D eigenvalue weighted by atomic mass is 9.87. The number of carbonyl (C=O) groups is 1. The summed E-state index contributed by atoms with van der Waals surface area (Å²) in [6.07, 6.45) is -4.38. The summed E-state index contributed by atoms with van der Waals surface area (Å²) in [5.41, 5.74) is 4.10. The third kappa shape index (κ3) is 9.02. The van der Waals surface area contributed by atoms with Crippen LogP contribution in [0.5, 0.6) is 5.75 Å². The van der Waals surface area contributed by atoms with Crippen molar-refractivity contribution in [3.8, 4) is 5.75 Å². The van der Waals surface area contributed by atoms with Crippen molar-refractivity contribution in [1.29, 1.82) is 0 Å². The van der Waals surface area contributed by atoms with Crippen molar-refractivity contribution < 1.29 is 22.7 Å². The van der Waals surface area contributed by atoms with E-state index in [2.05, 4.69) is 55.3 Å². The molecule has 0 aliphatic carbocycles. The number of hydrogen-bond donors (Lipinski definition) is 1. The molecule has 3 aromatic rings. The van der Waals surface area contributed by atoms with Crippen molar-refractivity contribution in [3.05, 3.63) is 100 Å². The normalized spacial score (nSPS) is 12.1. The molecule has 0 spiro atoms. The number of benzene rings is 3. The molecule has 0 radical (unpaired) electrons. The summed E-state index contributed by atoms with van der Waals surface area (Å²) in [5, 5.41) is 3.45. The van der Waals surface area contributed by atoms with Crippen molar-refractivity contribution in [2.24, 2.45) is 0 Å². The second-order valence-electron chi connectivity index (χ2n) is 10.4. The lowest BCUT2D eigenvalue weighted by molar-refractivity contribution is -0.137. The molecule has 0 aliphatic heterocycles. The molecule has 37 heavy (non-hydrogen) atoms. The molecule has 0 unspecified atom stereocenters. The minimum absolute atomic E-state index is 0.103. The molecule has 0 fully saturated rings. The van der Waals surface area contributed by atoms with E-state index in [0.717, 1.165) is 5.56 Å². The Hall–Kier alpha value is -3.16. The SMILES string of the molecule is Cc1cc(CN(CCNCc2ccc(C(C)(C)C)cc2)Cc2ccc(OC=O)cc2)cc(C(F)(F)F)c1. The second-order valence-corrected chi connectivity index (χ2v) is 10.4. The van der Waals surface area contributed by atoms with E-state index >= 15 is 0 Å². The van der Waals surface area contributed by atoms with Gasteiger partial charge < -0.3 is 10.1 Å². The van der Waals surface area contributed by atoms with Gasteiger partial charge in [0.15, 0.2) is 0 Å². The highest BCUT2D eigenvalue weighted by Crippen LogP contribution is 2.31. The lowest BCUT2D eigenvalue weighted by Crippen LogP contribution is -2.31. The summed E-state index contributed by atoms with van der Waals surface area (Å²) in [6.45, 7) is 11.5. The fraction of sp³-hybridized carbons (Fsp3) is 0.367. The Labute approximate surface area is 217 Å². The highest BCUT2D eigenvalue weighted by molar-refractivity contribution is 5.45. The van der Waals surface area contributed by atoms with Gasteiger partial charge in [0.25, 0.3) is 6.47 Å². The quantitative estimate of drug-likeness (QED) is 0.231. The molecule has 0 aliphatic rings. The number of ether oxygens (including phenoxy) is 1. The average molecular weight is 513 g/mol. The van der Waals surface area contributed by atoms with Crippen LogP contribution in [0.25, 0.3) is 0 Å². The van der Waals surface area contributed by atoms with Gasteiger partial charge in [0.05, 0.1) is 5.56 Å². The maximum absolute atomic E-state index is 13.4. The van der Waals surface area contributed by atoms with Crippen LogP contribution < -0.4 is 10.1 Å². The summed E-state index contributed by atoms with van der Waals surface area (Å²) in [7, 11) is 0. The van der Waals surface area contributed by atoms with Crippen LogP contribution in [0.2, 0.25) is 0 Å². The van der Waals surface area contributed by atoms with E-state index in [9.17, 15) is 18.0 Å². The van der Waals surface area contributed by atoms with Crippen LogP contribution in [-0.2, 0) is 36.0 Å². The average Bonchev–Trinajstić information content (AvgIpc) is 2.82. The van der Waals surface area contributed by atoms with E-state index in [1.807, 2.05) is 12.1 Å². The van der Waals surface area contributed by atoms with Gasteiger partial charge in [0, 0.05) is 32.7 Å². The molecule has 3 aromatic carbocycles. The summed E-state index contributed by atoms with van der Waals surface area (Å²) in [5.74, 6) is 0.443. The Kier molecular flexibility index (Phi) is 9.51. The number of aryl methyl sites for hydroxylation is 1. The fourth-order valence-electron chi connectivity index (χ4n) is 4.17. The van der Waals surface area contributed by atoms with Crippen molar-refractivity contribution in [3.63, 3.8) is 0 Å². The minimum atomic E-state index is -4.38. The van der Waals surface area contributed by atoms with Gasteiger partial charge in [-0.1, -0.05) is 68.8 Å². The van der Waals surface area contributed by atoms with Crippen molar-refractivity contribution in [2.75, 3.05) is 13.1 Å². The number of halogens is 3. The summed E-state index contributed by atoms with van der Waals surface area (Å²) in [6, 6.07) is 19.9. The molecule has 0 saturated carbocycles. The zero-order valence-corrected chi connectivity index (χ0v) is 21.9. The van der Waals surface area contributed by atoms with E-state index in [1.165, 1.54) is 23.3 Å². The number of alkyl halides is 3. The van der Waals surface area contributed by atoms with Crippen LogP contribution in [-0.4, -0.2) is 24.5 Å². The van der Waals surface area contributed by atoms with E-state index in [1.54, 1.807) is 25.1 Å². The minimum Gasteiger partial charge on any atom is -0.429 e. The molecule has 0 aromatic heterocycles. The number of nitrogens with one attached hydrogen (secondary N) is 1. The maximum Gasteiger partial charge on any atom is 0.416 e. The van der Waals surface area contributed by atoms with Gasteiger partial charge in [-0.05, 0) is 58.9 Å². The summed E-state index contributed by atoms with van der Waals surface area (Å²) in [4.78, 5) is 12.7. The maximum atomic E-state index is 13.4. The molecule has 0 heterocycles. The van der Waals surface area contributed by atoms with Gasteiger partial charge in [-0.2, -0.15) is 13.2 Å². The van der Waals surface area contributed by atoms with Gasteiger partial charge in [0.2, 0.25) is 0 Å². The third-order valence-electron chi connectivity index (χ3n) is 6.14. The van der Waals surface area contributed by atoms with Crippen LogP contribution in [0.4, 0.5) is 13.2 Å². The Balaban J connectivity index is 1.68. The molecular formula is C30H35F3N2O2. The van der Waals surface area contributed by atoms with Crippen LogP contribution in [0.1, 0.15) is 54.2 Å². The number of nitrogens with zero attached hydrogens (tertiary/aromatic N) is 1. The number of rotatable bonds is 11. The van der Waals surface area contributed by atoms with E-state index in [-0.39, 0.29) is 5.41 Å². The van der Waals surface area contributed by atoms with E-state index in [0.29, 0.717) is 56.1 Å². The molecule has 198 valence electrons. The highest BCUT2D eigenvalue weighted by atomic mass is 19.4. The van der Waals surface area contributed by atoms with Crippen LogP contribution in [0, 0.1) is 6.92 Å². The van der Waals surface area contributed by atoms with Crippen LogP contribution >= 0.6 is 0 Å². The molecule has 1 N–H and O–H groups in total. The monoisotopic (exact) mass is 512 g/mol. The summed E-state index contributed by atoms with van der Waals surface area (Å²) >= 11 is 0. The molecular weight excluding hydrogens is 477 g/mol. The van der Waals surface area contributed by atoms with Gasteiger partial charge in [0.1, 0.15) is 5.75 Å². The second kappa shape index (κ2) is 12.4. The zero-order chi connectivity index (χ0) is 27.1. The molecule has 0 atom stereocenters. The van der Waals surface area contributed by atoms with Gasteiger partial charge >= 0.3 is 6.18 Å².